The zero-order chi connectivity index (χ0) is 21.8. The number of nitrogens with one attached hydrogen (secondary N) is 1. The molecule has 4 rings (SSSR count). The molecule has 2 heterocycles. The van der Waals surface area contributed by atoms with E-state index in [-0.39, 0.29) is 11.7 Å². The van der Waals surface area contributed by atoms with Crippen LogP contribution in [-0.4, -0.2) is 33.5 Å². The molecule has 6 nitrogen and oxygen atoms in total. The number of aromatic nitrogens is 3. The van der Waals surface area contributed by atoms with Crippen LogP contribution in [0.4, 0.5) is 5.69 Å². The number of carbonyl (C=O) groups excluding carboxylic acids is 1. The Hall–Kier alpha value is -3.10. The number of hydrogen-bond acceptors (Lipinski definition) is 6. The molecule has 4 aromatic rings. The highest BCUT2D eigenvalue weighted by atomic mass is 32.2. The molecule has 0 saturated heterocycles. The lowest BCUT2D eigenvalue weighted by Crippen LogP contribution is -2.15. The summed E-state index contributed by atoms with van der Waals surface area (Å²) in [6.07, 6.45) is 0. The quantitative estimate of drug-likeness (QED) is 0.384. The fourth-order valence-corrected chi connectivity index (χ4v) is 4.61. The average molecular weight is 451 g/mol. The van der Waals surface area contributed by atoms with Gasteiger partial charge in [-0.1, -0.05) is 42.1 Å². The van der Waals surface area contributed by atoms with E-state index in [1.165, 1.54) is 11.8 Å². The number of carbonyl (C=O) groups is 1. The zero-order valence-electron chi connectivity index (χ0n) is 17.5. The third-order valence-electron chi connectivity index (χ3n) is 4.91. The second-order valence-electron chi connectivity index (χ2n) is 6.88. The van der Waals surface area contributed by atoms with Crippen LogP contribution in [0.1, 0.15) is 11.1 Å². The molecule has 8 heteroatoms. The van der Waals surface area contributed by atoms with Gasteiger partial charge in [-0.15, -0.1) is 21.5 Å². The Bertz CT molecular complexity index is 1200. The van der Waals surface area contributed by atoms with Gasteiger partial charge in [0.15, 0.2) is 11.0 Å². The first-order chi connectivity index (χ1) is 15.1. The molecular weight excluding hydrogens is 428 g/mol. The molecule has 0 saturated carbocycles. The minimum Gasteiger partial charge on any atom is -0.495 e. The van der Waals surface area contributed by atoms with Gasteiger partial charge in [0.05, 0.1) is 23.4 Å². The van der Waals surface area contributed by atoms with E-state index in [9.17, 15) is 4.79 Å². The number of thiophene rings is 1. The highest BCUT2D eigenvalue weighted by molar-refractivity contribution is 7.99. The molecule has 2 aromatic heterocycles. The van der Waals surface area contributed by atoms with Crippen LogP contribution in [0.5, 0.6) is 5.75 Å². The van der Waals surface area contributed by atoms with Gasteiger partial charge in [-0.05, 0) is 54.6 Å². The first-order valence-electron chi connectivity index (χ1n) is 9.70. The van der Waals surface area contributed by atoms with Crippen molar-refractivity contribution in [3.05, 3.63) is 71.1 Å². The molecule has 0 atom stereocenters. The molecule has 158 valence electrons. The summed E-state index contributed by atoms with van der Waals surface area (Å²) >= 11 is 2.93. The van der Waals surface area contributed by atoms with E-state index in [1.54, 1.807) is 18.4 Å². The smallest absolute Gasteiger partial charge is 0.234 e. The molecule has 0 spiro atoms. The predicted molar refractivity (Wildman–Crippen MR) is 126 cm³/mol. The second-order valence-corrected chi connectivity index (χ2v) is 8.77. The molecule has 0 aliphatic carbocycles. The number of amides is 1. The molecule has 0 fully saturated rings. The minimum atomic E-state index is -0.0917. The molecule has 0 bridgehead atoms. The van der Waals surface area contributed by atoms with Crippen molar-refractivity contribution in [1.29, 1.82) is 0 Å². The molecule has 0 aliphatic rings. The van der Waals surface area contributed by atoms with Crippen LogP contribution in [0.2, 0.25) is 0 Å². The van der Waals surface area contributed by atoms with Crippen LogP contribution in [0.25, 0.3) is 16.4 Å². The van der Waals surface area contributed by atoms with Crippen LogP contribution in [0, 0.1) is 13.8 Å². The number of methoxy groups -OCH3 is 1. The van der Waals surface area contributed by atoms with Crippen molar-refractivity contribution < 1.29 is 9.53 Å². The lowest BCUT2D eigenvalue weighted by Gasteiger charge is -2.13. The monoisotopic (exact) mass is 450 g/mol. The average Bonchev–Trinajstić information content (AvgIpc) is 3.45. The molecule has 0 unspecified atom stereocenters. The largest absolute Gasteiger partial charge is 0.495 e. The van der Waals surface area contributed by atoms with Crippen LogP contribution >= 0.6 is 23.1 Å². The number of hydrogen-bond donors (Lipinski definition) is 1. The summed E-state index contributed by atoms with van der Waals surface area (Å²) in [5.74, 6) is 1.55. The topological polar surface area (TPSA) is 69.0 Å². The van der Waals surface area contributed by atoms with Crippen molar-refractivity contribution >= 4 is 34.7 Å². The SMILES string of the molecule is COc1ccccc1-n1c(SCC(=O)Nc2cccc(C)c2C)nnc1-c1cccs1. The standard InChI is InChI=1S/C23H22N4O2S2/c1-15-8-6-9-17(16(15)2)24-21(28)14-31-23-26-25-22(20-12-7-13-30-20)27(23)18-10-4-5-11-19(18)29-3/h4-13H,14H2,1-3H3,(H,24,28). The number of thioether (sulfide) groups is 1. The van der Waals surface area contributed by atoms with Gasteiger partial charge in [-0.2, -0.15) is 0 Å². The lowest BCUT2D eigenvalue weighted by atomic mass is 10.1. The molecule has 0 aliphatic heterocycles. The van der Waals surface area contributed by atoms with E-state index < -0.39 is 0 Å². The highest BCUT2D eigenvalue weighted by Crippen LogP contribution is 2.34. The number of anilines is 1. The molecule has 0 radical (unpaired) electrons. The Morgan fingerprint density at radius 3 is 2.71 bits per heavy atom. The highest BCUT2D eigenvalue weighted by Gasteiger charge is 2.20. The van der Waals surface area contributed by atoms with Gasteiger partial charge < -0.3 is 10.1 Å². The Morgan fingerprint density at radius 1 is 1.10 bits per heavy atom. The van der Waals surface area contributed by atoms with Gasteiger partial charge in [0.25, 0.3) is 0 Å². The van der Waals surface area contributed by atoms with E-state index in [4.69, 9.17) is 4.74 Å². The summed E-state index contributed by atoms with van der Waals surface area (Å²) in [5, 5.41) is 14.4. The summed E-state index contributed by atoms with van der Waals surface area (Å²) in [4.78, 5) is 13.6. The summed E-state index contributed by atoms with van der Waals surface area (Å²) in [7, 11) is 1.64. The van der Waals surface area contributed by atoms with Crippen LogP contribution in [-0.2, 0) is 4.79 Å². The number of para-hydroxylation sites is 2. The summed E-state index contributed by atoms with van der Waals surface area (Å²) in [5.41, 5.74) is 3.87. The number of aryl methyl sites for hydroxylation is 1. The number of rotatable bonds is 7. The number of benzene rings is 2. The fourth-order valence-electron chi connectivity index (χ4n) is 3.16. The normalized spacial score (nSPS) is 10.8. The summed E-state index contributed by atoms with van der Waals surface area (Å²) < 4.78 is 7.51. The third-order valence-corrected chi connectivity index (χ3v) is 6.71. The zero-order valence-corrected chi connectivity index (χ0v) is 19.1. The predicted octanol–water partition coefficient (Wildman–Crippen LogP) is 5.35. The first-order valence-corrected chi connectivity index (χ1v) is 11.6. The van der Waals surface area contributed by atoms with E-state index >= 15 is 0 Å². The van der Waals surface area contributed by atoms with E-state index in [0.29, 0.717) is 10.9 Å². The van der Waals surface area contributed by atoms with E-state index in [2.05, 4.69) is 15.5 Å². The third kappa shape index (κ3) is 4.50. The molecule has 1 N–H and O–H groups in total. The Labute approximate surface area is 189 Å². The van der Waals surface area contributed by atoms with Gasteiger partial charge in [-0.3, -0.25) is 9.36 Å². The Balaban J connectivity index is 1.61. The number of nitrogens with zero attached hydrogens (tertiary/aromatic N) is 3. The minimum absolute atomic E-state index is 0.0917. The van der Waals surface area contributed by atoms with Crippen molar-refractivity contribution in [2.75, 3.05) is 18.2 Å². The van der Waals surface area contributed by atoms with Crippen molar-refractivity contribution in [1.82, 2.24) is 14.8 Å². The molecule has 1 amide bonds. The van der Waals surface area contributed by atoms with Gasteiger partial charge in [0, 0.05) is 5.69 Å². The van der Waals surface area contributed by atoms with Gasteiger partial charge in [0.2, 0.25) is 5.91 Å². The maximum atomic E-state index is 12.6. The van der Waals surface area contributed by atoms with Gasteiger partial charge in [-0.25, -0.2) is 0 Å². The van der Waals surface area contributed by atoms with Crippen molar-refractivity contribution in [3.8, 4) is 22.1 Å². The fraction of sp³-hybridized carbons (Fsp3) is 0.174. The Kier molecular flexibility index (Phi) is 6.39. The van der Waals surface area contributed by atoms with Crippen LogP contribution < -0.4 is 10.1 Å². The second kappa shape index (κ2) is 9.36. The summed E-state index contributed by atoms with van der Waals surface area (Å²) in [6.45, 7) is 4.03. The van der Waals surface area contributed by atoms with Gasteiger partial charge in [0.1, 0.15) is 5.75 Å². The summed E-state index contributed by atoms with van der Waals surface area (Å²) in [6, 6.07) is 17.6. The maximum Gasteiger partial charge on any atom is 0.234 e. The number of ether oxygens (including phenoxy) is 1. The first kappa shape index (κ1) is 21.1. The molecular formula is C23H22N4O2S2. The van der Waals surface area contributed by atoms with Crippen LogP contribution in [0.3, 0.4) is 0 Å². The molecule has 31 heavy (non-hydrogen) atoms. The van der Waals surface area contributed by atoms with Crippen molar-refractivity contribution in [2.24, 2.45) is 0 Å². The lowest BCUT2D eigenvalue weighted by molar-refractivity contribution is -0.113. The van der Waals surface area contributed by atoms with Gasteiger partial charge >= 0.3 is 0 Å². The molecule has 2 aromatic carbocycles. The Morgan fingerprint density at radius 2 is 1.94 bits per heavy atom. The van der Waals surface area contributed by atoms with Crippen molar-refractivity contribution in [2.45, 2.75) is 19.0 Å². The van der Waals surface area contributed by atoms with E-state index in [0.717, 1.165) is 33.2 Å². The maximum absolute atomic E-state index is 12.6. The van der Waals surface area contributed by atoms with Crippen LogP contribution in [0.15, 0.2) is 65.1 Å². The van der Waals surface area contributed by atoms with E-state index in [1.807, 2.05) is 78.4 Å². The van der Waals surface area contributed by atoms with Crippen molar-refractivity contribution in [3.63, 3.8) is 0 Å².